The summed E-state index contributed by atoms with van der Waals surface area (Å²) in [6, 6.07) is 16.1. The first-order chi connectivity index (χ1) is 15.9. The third kappa shape index (κ3) is 5.51. The molecular formula is C25H30N2O6. The Hall–Kier alpha value is -3.39. The normalized spacial score (nSPS) is 14.0. The molecule has 0 spiro atoms. The summed E-state index contributed by atoms with van der Waals surface area (Å²) in [5.74, 6) is -2.13. The maximum absolute atomic E-state index is 12.7. The number of benzene rings is 2. The first-order valence-corrected chi connectivity index (χ1v) is 11.0. The van der Waals surface area contributed by atoms with E-state index in [0.717, 1.165) is 22.3 Å². The van der Waals surface area contributed by atoms with Crippen molar-refractivity contribution in [2.24, 2.45) is 5.92 Å². The van der Waals surface area contributed by atoms with E-state index >= 15 is 0 Å². The summed E-state index contributed by atoms with van der Waals surface area (Å²) in [5, 5.41) is 11.7. The Morgan fingerprint density at radius 2 is 1.64 bits per heavy atom. The molecule has 2 aromatic rings. The summed E-state index contributed by atoms with van der Waals surface area (Å²) < 4.78 is 10.7. The fourth-order valence-corrected chi connectivity index (χ4v) is 4.08. The monoisotopic (exact) mass is 454 g/mol. The number of rotatable bonds is 10. The minimum absolute atomic E-state index is 0.0592. The van der Waals surface area contributed by atoms with Crippen molar-refractivity contribution in [2.75, 3.05) is 33.4 Å². The summed E-state index contributed by atoms with van der Waals surface area (Å²) in [6.45, 7) is 3.79. The SMILES string of the molecule is CCN(CC(C)C(=O)O)C(=O)C(CNC(=O)OCC1c2ccccc2-c2ccccc21)OC. The average Bonchev–Trinajstić information content (AvgIpc) is 3.14. The minimum atomic E-state index is -0.980. The van der Waals surface area contributed by atoms with Gasteiger partial charge in [-0.2, -0.15) is 0 Å². The molecule has 2 aromatic carbocycles. The van der Waals surface area contributed by atoms with Crippen molar-refractivity contribution in [1.29, 1.82) is 0 Å². The zero-order valence-corrected chi connectivity index (χ0v) is 19.1. The lowest BCUT2D eigenvalue weighted by molar-refractivity contribution is -0.146. The summed E-state index contributed by atoms with van der Waals surface area (Å²) in [4.78, 5) is 37.6. The molecule has 8 nitrogen and oxygen atoms in total. The number of hydrogen-bond acceptors (Lipinski definition) is 5. The van der Waals surface area contributed by atoms with Crippen LogP contribution in [0, 0.1) is 5.92 Å². The molecule has 8 heteroatoms. The summed E-state index contributed by atoms with van der Waals surface area (Å²) >= 11 is 0. The minimum Gasteiger partial charge on any atom is -0.481 e. The lowest BCUT2D eigenvalue weighted by atomic mass is 9.98. The Balaban J connectivity index is 1.56. The number of nitrogens with zero attached hydrogens (tertiary/aromatic N) is 1. The number of amides is 2. The second kappa shape index (κ2) is 11.0. The van der Waals surface area contributed by atoms with E-state index in [4.69, 9.17) is 14.6 Å². The van der Waals surface area contributed by atoms with Gasteiger partial charge in [0.1, 0.15) is 6.61 Å². The second-order valence-corrected chi connectivity index (χ2v) is 8.05. The van der Waals surface area contributed by atoms with Crippen molar-refractivity contribution in [2.45, 2.75) is 25.9 Å². The third-order valence-electron chi connectivity index (χ3n) is 5.94. The van der Waals surface area contributed by atoms with Gasteiger partial charge in [0.25, 0.3) is 5.91 Å². The largest absolute Gasteiger partial charge is 0.481 e. The molecule has 2 atom stereocenters. The molecule has 2 amide bonds. The molecule has 3 rings (SSSR count). The number of nitrogens with one attached hydrogen (secondary N) is 1. The first-order valence-electron chi connectivity index (χ1n) is 11.0. The highest BCUT2D eigenvalue weighted by atomic mass is 16.5. The van der Waals surface area contributed by atoms with Gasteiger partial charge in [0, 0.05) is 26.1 Å². The van der Waals surface area contributed by atoms with Gasteiger partial charge in [0.15, 0.2) is 6.10 Å². The number of carboxylic acids is 1. The fourth-order valence-electron chi connectivity index (χ4n) is 4.08. The lowest BCUT2D eigenvalue weighted by Crippen LogP contribution is -2.47. The number of fused-ring (bicyclic) bond motifs is 3. The van der Waals surface area contributed by atoms with Crippen LogP contribution < -0.4 is 5.32 Å². The Labute approximate surface area is 193 Å². The van der Waals surface area contributed by atoms with E-state index in [-0.39, 0.29) is 31.5 Å². The van der Waals surface area contributed by atoms with Gasteiger partial charge in [-0.15, -0.1) is 0 Å². The number of ether oxygens (including phenoxy) is 2. The molecule has 1 aliphatic carbocycles. The molecule has 0 heterocycles. The Kier molecular flexibility index (Phi) is 8.06. The van der Waals surface area contributed by atoms with Gasteiger partial charge in [0.2, 0.25) is 0 Å². The van der Waals surface area contributed by atoms with Gasteiger partial charge in [-0.1, -0.05) is 55.5 Å². The molecule has 176 valence electrons. The predicted octanol–water partition coefficient (Wildman–Crippen LogP) is 3.11. The van der Waals surface area contributed by atoms with E-state index in [2.05, 4.69) is 17.4 Å². The molecular weight excluding hydrogens is 424 g/mol. The molecule has 0 bridgehead atoms. The number of methoxy groups -OCH3 is 1. The van der Waals surface area contributed by atoms with Crippen LogP contribution in [0.25, 0.3) is 11.1 Å². The van der Waals surface area contributed by atoms with E-state index in [0.29, 0.717) is 6.54 Å². The van der Waals surface area contributed by atoms with Crippen molar-refractivity contribution in [3.63, 3.8) is 0 Å². The molecule has 2 N–H and O–H groups in total. The van der Waals surface area contributed by atoms with Crippen LogP contribution in [0.1, 0.15) is 30.9 Å². The summed E-state index contributed by atoms with van der Waals surface area (Å²) in [5.41, 5.74) is 4.51. The highest BCUT2D eigenvalue weighted by molar-refractivity contribution is 5.83. The number of carbonyl (C=O) groups is 3. The molecule has 0 aromatic heterocycles. The quantitative estimate of drug-likeness (QED) is 0.572. The van der Waals surface area contributed by atoms with E-state index < -0.39 is 24.1 Å². The van der Waals surface area contributed by atoms with Crippen molar-refractivity contribution in [1.82, 2.24) is 10.2 Å². The number of carbonyl (C=O) groups excluding carboxylic acids is 2. The zero-order valence-electron chi connectivity index (χ0n) is 19.1. The van der Waals surface area contributed by atoms with Crippen molar-refractivity contribution < 1.29 is 29.0 Å². The number of alkyl carbamates (subject to hydrolysis) is 1. The van der Waals surface area contributed by atoms with Crippen LogP contribution in [0.2, 0.25) is 0 Å². The highest BCUT2D eigenvalue weighted by Gasteiger charge is 2.30. The molecule has 2 unspecified atom stereocenters. The van der Waals surface area contributed by atoms with Gasteiger partial charge in [-0.05, 0) is 29.2 Å². The standard InChI is InChI=1S/C25H30N2O6/c1-4-27(14-16(2)24(29)30)23(28)22(32-3)13-26-25(31)33-15-21-19-11-7-5-9-17(19)18-10-6-8-12-20(18)21/h5-12,16,21-22H,4,13-15H2,1-3H3,(H,26,31)(H,29,30). The molecule has 0 aliphatic heterocycles. The van der Waals surface area contributed by atoms with Gasteiger partial charge in [-0.25, -0.2) is 4.79 Å². The smallest absolute Gasteiger partial charge is 0.407 e. The van der Waals surface area contributed by atoms with E-state index in [1.165, 1.54) is 18.9 Å². The van der Waals surface area contributed by atoms with Gasteiger partial charge >= 0.3 is 12.1 Å². The Morgan fingerprint density at radius 1 is 1.06 bits per heavy atom. The molecule has 0 saturated carbocycles. The maximum Gasteiger partial charge on any atom is 0.407 e. The number of hydrogen-bond donors (Lipinski definition) is 2. The van der Waals surface area contributed by atoms with Crippen LogP contribution in [0.4, 0.5) is 4.79 Å². The molecule has 0 fully saturated rings. The molecule has 0 saturated heterocycles. The molecule has 1 aliphatic rings. The number of aliphatic carboxylic acids is 1. The van der Waals surface area contributed by atoms with Crippen LogP contribution in [0.3, 0.4) is 0 Å². The predicted molar refractivity (Wildman–Crippen MR) is 123 cm³/mol. The van der Waals surface area contributed by atoms with Crippen molar-refractivity contribution in [3.05, 3.63) is 59.7 Å². The maximum atomic E-state index is 12.7. The number of likely N-dealkylation sites (N-methyl/N-ethyl adjacent to an activating group) is 1. The van der Waals surface area contributed by atoms with Crippen LogP contribution >= 0.6 is 0 Å². The summed E-state index contributed by atoms with van der Waals surface area (Å²) in [7, 11) is 1.37. The van der Waals surface area contributed by atoms with E-state index in [1.54, 1.807) is 6.92 Å². The van der Waals surface area contributed by atoms with Crippen LogP contribution in [-0.2, 0) is 19.1 Å². The van der Waals surface area contributed by atoms with Gasteiger partial charge in [-0.3, -0.25) is 9.59 Å². The summed E-state index contributed by atoms with van der Waals surface area (Å²) in [6.07, 6.45) is -1.58. The van der Waals surface area contributed by atoms with Gasteiger partial charge < -0.3 is 24.8 Å². The van der Waals surface area contributed by atoms with Crippen molar-refractivity contribution in [3.8, 4) is 11.1 Å². The van der Waals surface area contributed by atoms with Crippen LogP contribution in [0.15, 0.2) is 48.5 Å². The highest BCUT2D eigenvalue weighted by Crippen LogP contribution is 2.44. The van der Waals surface area contributed by atoms with Crippen molar-refractivity contribution >= 4 is 18.0 Å². The van der Waals surface area contributed by atoms with E-state index in [1.807, 2.05) is 36.4 Å². The number of carboxylic acid groups (broad SMARTS) is 1. The fraction of sp³-hybridized carbons (Fsp3) is 0.400. The third-order valence-corrected chi connectivity index (χ3v) is 5.94. The lowest BCUT2D eigenvalue weighted by Gasteiger charge is -2.27. The first kappa shape index (κ1) is 24.3. The molecule has 33 heavy (non-hydrogen) atoms. The van der Waals surface area contributed by atoms with Crippen LogP contribution in [0.5, 0.6) is 0 Å². The van der Waals surface area contributed by atoms with Gasteiger partial charge in [0.05, 0.1) is 12.5 Å². The topological polar surface area (TPSA) is 105 Å². The zero-order chi connectivity index (χ0) is 24.0. The Morgan fingerprint density at radius 3 is 2.15 bits per heavy atom. The average molecular weight is 455 g/mol. The van der Waals surface area contributed by atoms with E-state index in [9.17, 15) is 14.4 Å². The Bertz CT molecular complexity index is 962. The molecule has 0 radical (unpaired) electrons. The van der Waals surface area contributed by atoms with Crippen LogP contribution in [-0.4, -0.2) is 67.4 Å². The second-order valence-electron chi connectivity index (χ2n) is 8.05.